The molecule has 0 aromatic heterocycles. The maximum absolute atomic E-state index is 11.9. The van der Waals surface area contributed by atoms with E-state index in [1.807, 2.05) is 24.3 Å². The Morgan fingerprint density at radius 3 is 2.84 bits per heavy atom. The molecule has 104 valence electrons. The lowest BCUT2D eigenvalue weighted by Gasteiger charge is -2.22. The molecule has 0 heterocycles. The summed E-state index contributed by atoms with van der Waals surface area (Å²) < 4.78 is 5.15. The van der Waals surface area contributed by atoms with Gasteiger partial charge in [0.15, 0.2) is 0 Å². The van der Waals surface area contributed by atoms with E-state index in [2.05, 4.69) is 5.32 Å². The van der Waals surface area contributed by atoms with E-state index >= 15 is 0 Å². The fraction of sp³-hybridized carbons (Fsp3) is 0.533. The number of carbonyl (C=O) groups is 1. The van der Waals surface area contributed by atoms with E-state index in [0.717, 1.165) is 37.0 Å². The van der Waals surface area contributed by atoms with Gasteiger partial charge in [-0.3, -0.25) is 4.79 Å². The Bertz CT molecular complexity index is 440. The van der Waals surface area contributed by atoms with Crippen molar-refractivity contribution in [2.75, 3.05) is 7.11 Å². The molecule has 19 heavy (non-hydrogen) atoms. The van der Waals surface area contributed by atoms with Gasteiger partial charge in [0.2, 0.25) is 5.91 Å². The zero-order valence-corrected chi connectivity index (χ0v) is 11.4. The summed E-state index contributed by atoms with van der Waals surface area (Å²) >= 11 is 0. The number of ether oxygens (including phenoxy) is 1. The number of hydrogen-bond donors (Lipinski definition) is 2. The highest BCUT2D eigenvalue weighted by Crippen LogP contribution is 2.29. The van der Waals surface area contributed by atoms with Crippen LogP contribution in [0.25, 0.3) is 0 Å². The van der Waals surface area contributed by atoms with Crippen molar-refractivity contribution in [3.8, 4) is 5.75 Å². The van der Waals surface area contributed by atoms with Crippen molar-refractivity contribution in [1.29, 1.82) is 0 Å². The lowest BCUT2D eigenvalue weighted by Crippen LogP contribution is -2.41. The minimum atomic E-state index is -0.279. The molecular formula is C15H22N2O2. The zero-order valence-electron chi connectivity index (χ0n) is 11.4. The van der Waals surface area contributed by atoms with Crippen LogP contribution in [0, 0.1) is 0 Å². The highest BCUT2D eigenvalue weighted by atomic mass is 16.5. The van der Waals surface area contributed by atoms with E-state index < -0.39 is 0 Å². The van der Waals surface area contributed by atoms with Crippen LogP contribution in [0.15, 0.2) is 24.3 Å². The molecule has 1 aliphatic carbocycles. The Hall–Kier alpha value is -1.55. The monoisotopic (exact) mass is 262 g/mol. The average molecular weight is 262 g/mol. The first-order valence-electron chi connectivity index (χ1n) is 6.80. The van der Waals surface area contributed by atoms with Crippen molar-refractivity contribution in [2.24, 2.45) is 5.73 Å². The standard InChI is InChI=1S/C15H22N2O2/c1-19-13-6-4-5-12(9-13)11-17-14(18)10-15(16)7-2-3-8-15/h4-6,9H,2-3,7-8,10-11,16H2,1H3,(H,17,18). The number of nitrogens with two attached hydrogens (primary N) is 1. The number of carbonyl (C=O) groups excluding carboxylic acids is 1. The molecule has 0 unspecified atom stereocenters. The van der Waals surface area contributed by atoms with Crippen molar-refractivity contribution in [1.82, 2.24) is 5.32 Å². The van der Waals surface area contributed by atoms with E-state index in [1.54, 1.807) is 7.11 Å². The summed E-state index contributed by atoms with van der Waals surface area (Å²) in [5.41, 5.74) is 6.95. The van der Waals surface area contributed by atoms with Gasteiger partial charge in [-0.2, -0.15) is 0 Å². The van der Waals surface area contributed by atoms with E-state index in [4.69, 9.17) is 10.5 Å². The molecule has 0 aliphatic heterocycles. The van der Waals surface area contributed by atoms with Crippen LogP contribution in [-0.2, 0) is 11.3 Å². The average Bonchev–Trinajstić information content (AvgIpc) is 2.83. The smallest absolute Gasteiger partial charge is 0.222 e. The van der Waals surface area contributed by atoms with Gasteiger partial charge in [0.05, 0.1) is 7.11 Å². The predicted octanol–water partition coefficient (Wildman–Crippen LogP) is 1.97. The number of methoxy groups -OCH3 is 1. The SMILES string of the molecule is COc1cccc(CNC(=O)CC2(N)CCCC2)c1. The molecule has 4 nitrogen and oxygen atoms in total. The predicted molar refractivity (Wildman–Crippen MR) is 74.8 cm³/mol. The lowest BCUT2D eigenvalue weighted by atomic mass is 9.94. The van der Waals surface area contributed by atoms with Gasteiger partial charge in [-0.1, -0.05) is 25.0 Å². The summed E-state index contributed by atoms with van der Waals surface area (Å²) in [4.78, 5) is 11.9. The van der Waals surface area contributed by atoms with Crippen LogP contribution in [0.5, 0.6) is 5.75 Å². The summed E-state index contributed by atoms with van der Waals surface area (Å²) in [7, 11) is 1.63. The molecule has 1 aromatic carbocycles. The van der Waals surface area contributed by atoms with Crippen LogP contribution in [0.3, 0.4) is 0 Å². The molecule has 1 aliphatic rings. The highest BCUT2D eigenvalue weighted by Gasteiger charge is 2.31. The van der Waals surface area contributed by atoms with Crippen LogP contribution in [0.4, 0.5) is 0 Å². The quantitative estimate of drug-likeness (QED) is 0.852. The lowest BCUT2D eigenvalue weighted by molar-refractivity contribution is -0.122. The number of rotatable bonds is 5. The minimum Gasteiger partial charge on any atom is -0.497 e. The molecule has 3 N–H and O–H groups in total. The molecular weight excluding hydrogens is 240 g/mol. The number of hydrogen-bond acceptors (Lipinski definition) is 3. The van der Waals surface area contributed by atoms with Crippen LogP contribution < -0.4 is 15.8 Å². The van der Waals surface area contributed by atoms with Crippen molar-refractivity contribution in [3.63, 3.8) is 0 Å². The molecule has 0 saturated heterocycles. The van der Waals surface area contributed by atoms with Crippen LogP contribution in [-0.4, -0.2) is 18.6 Å². The van der Waals surface area contributed by atoms with Crippen molar-refractivity contribution >= 4 is 5.91 Å². The van der Waals surface area contributed by atoms with E-state index in [9.17, 15) is 4.79 Å². The fourth-order valence-electron chi connectivity index (χ4n) is 2.62. The van der Waals surface area contributed by atoms with Gasteiger partial charge in [-0.05, 0) is 30.5 Å². The molecule has 0 atom stereocenters. The Morgan fingerprint density at radius 1 is 1.42 bits per heavy atom. The Kier molecular flexibility index (Phi) is 4.43. The summed E-state index contributed by atoms with van der Waals surface area (Å²) in [5, 5.41) is 2.93. The minimum absolute atomic E-state index is 0.0345. The van der Waals surface area contributed by atoms with Crippen LogP contribution in [0.2, 0.25) is 0 Å². The Labute approximate surface area is 114 Å². The van der Waals surface area contributed by atoms with Crippen molar-refractivity contribution < 1.29 is 9.53 Å². The molecule has 1 saturated carbocycles. The van der Waals surface area contributed by atoms with Gasteiger partial charge in [0.1, 0.15) is 5.75 Å². The molecule has 0 spiro atoms. The molecule has 4 heteroatoms. The third-order valence-electron chi connectivity index (χ3n) is 3.74. The fourth-order valence-corrected chi connectivity index (χ4v) is 2.62. The van der Waals surface area contributed by atoms with E-state index in [1.165, 1.54) is 0 Å². The van der Waals surface area contributed by atoms with Crippen LogP contribution >= 0.6 is 0 Å². The third-order valence-corrected chi connectivity index (χ3v) is 3.74. The van der Waals surface area contributed by atoms with Crippen LogP contribution in [0.1, 0.15) is 37.7 Å². The van der Waals surface area contributed by atoms with Gasteiger partial charge >= 0.3 is 0 Å². The second-order valence-electron chi connectivity index (χ2n) is 5.37. The van der Waals surface area contributed by atoms with E-state index in [-0.39, 0.29) is 11.4 Å². The Balaban J connectivity index is 1.82. The number of benzene rings is 1. The molecule has 0 radical (unpaired) electrons. The maximum Gasteiger partial charge on any atom is 0.222 e. The second kappa shape index (κ2) is 6.06. The molecule has 1 amide bonds. The highest BCUT2D eigenvalue weighted by molar-refractivity contribution is 5.77. The zero-order chi connectivity index (χ0) is 13.7. The summed E-state index contributed by atoms with van der Waals surface area (Å²) in [6.07, 6.45) is 4.62. The first kappa shape index (κ1) is 13.9. The van der Waals surface area contributed by atoms with Gasteiger partial charge < -0.3 is 15.8 Å². The van der Waals surface area contributed by atoms with Gasteiger partial charge in [0.25, 0.3) is 0 Å². The maximum atomic E-state index is 11.9. The molecule has 1 aromatic rings. The number of nitrogens with one attached hydrogen (secondary N) is 1. The first-order chi connectivity index (χ1) is 9.11. The summed E-state index contributed by atoms with van der Waals surface area (Å²) in [6, 6.07) is 7.70. The van der Waals surface area contributed by atoms with Gasteiger partial charge in [-0.15, -0.1) is 0 Å². The van der Waals surface area contributed by atoms with Crippen molar-refractivity contribution in [2.45, 2.75) is 44.2 Å². The number of amides is 1. The summed E-state index contributed by atoms with van der Waals surface area (Å²) in [5.74, 6) is 0.838. The second-order valence-corrected chi connectivity index (χ2v) is 5.37. The first-order valence-corrected chi connectivity index (χ1v) is 6.80. The largest absolute Gasteiger partial charge is 0.497 e. The topological polar surface area (TPSA) is 64.3 Å². The summed E-state index contributed by atoms with van der Waals surface area (Å²) in [6.45, 7) is 0.520. The van der Waals surface area contributed by atoms with Gasteiger partial charge in [-0.25, -0.2) is 0 Å². The molecule has 2 rings (SSSR count). The normalized spacial score (nSPS) is 17.2. The molecule has 1 fully saturated rings. The molecule has 0 bridgehead atoms. The van der Waals surface area contributed by atoms with Crippen molar-refractivity contribution in [3.05, 3.63) is 29.8 Å². The van der Waals surface area contributed by atoms with E-state index in [0.29, 0.717) is 13.0 Å². The van der Waals surface area contributed by atoms with Gasteiger partial charge in [0, 0.05) is 18.5 Å². The Morgan fingerprint density at radius 2 is 2.16 bits per heavy atom. The third kappa shape index (κ3) is 3.96.